The summed E-state index contributed by atoms with van der Waals surface area (Å²) in [5.41, 5.74) is -1.63. The van der Waals surface area contributed by atoms with Gasteiger partial charge in [0.25, 0.3) is 0 Å². The van der Waals surface area contributed by atoms with Crippen LogP contribution in [0.25, 0.3) is 10.9 Å². The van der Waals surface area contributed by atoms with Gasteiger partial charge in [-0.1, -0.05) is 0 Å². The minimum absolute atomic E-state index is 0. The summed E-state index contributed by atoms with van der Waals surface area (Å²) < 4.78 is 31.2. The van der Waals surface area contributed by atoms with E-state index in [0.717, 1.165) is 12.3 Å². The minimum Gasteiger partial charge on any atom is -0.477 e. The molecule has 0 amide bonds. The van der Waals surface area contributed by atoms with Crippen LogP contribution >= 0.6 is 12.4 Å². The molecule has 0 bridgehead atoms. The highest BCUT2D eigenvalue weighted by Crippen LogP contribution is 2.30. The Morgan fingerprint density at radius 2 is 2.12 bits per heavy atom. The third kappa shape index (κ3) is 3.26. The molecule has 6 nitrogen and oxygen atoms in total. The zero-order chi connectivity index (χ0) is 18.3. The van der Waals surface area contributed by atoms with Gasteiger partial charge in [-0.25, -0.2) is 13.6 Å². The molecule has 1 unspecified atom stereocenters. The molecule has 1 fully saturated rings. The predicted molar refractivity (Wildman–Crippen MR) is 97.7 cm³/mol. The highest BCUT2D eigenvalue weighted by atomic mass is 35.5. The Morgan fingerprint density at radius 1 is 1.42 bits per heavy atom. The van der Waals surface area contributed by atoms with Gasteiger partial charge in [0.1, 0.15) is 17.1 Å². The van der Waals surface area contributed by atoms with Gasteiger partial charge in [0.2, 0.25) is 5.43 Å². The third-order valence-electron chi connectivity index (χ3n) is 4.49. The van der Waals surface area contributed by atoms with Gasteiger partial charge < -0.3 is 19.9 Å². The number of halogens is 3. The molecule has 1 aliphatic heterocycles. The number of nitrogens with zero attached hydrogens (tertiary/aromatic N) is 2. The van der Waals surface area contributed by atoms with Crippen molar-refractivity contribution in [1.29, 1.82) is 0 Å². The second kappa shape index (κ2) is 7.59. The van der Waals surface area contributed by atoms with Gasteiger partial charge in [0.15, 0.2) is 5.82 Å². The fraction of sp³-hybridized carbons (Fsp3) is 0.412. The van der Waals surface area contributed by atoms with E-state index in [1.807, 2.05) is 6.92 Å². The van der Waals surface area contributed by atoms with Crippen molar-refractivity contribution in [2.24, 2.45) is 0 Å². The van der Waals surface area contributed by atoms with Crippen LogP contribution in [0, 0.1) is 11.6 Å². The molecule has 1 aromatic heterocycles. The second-order valence-electron chi connectivity index (χ2n) is 6.18. The molecule has 9 heteroatoms. The number of carboxylic acid groups (broad SMARTS) is 1. The van der Waals surface area contributed by atoms with Gasteiger partial charge in [-0.2, -0.15) is 0 Å². The van der Waals surface area contributed by atoms with Crippen molar-refractivity contribution in [2.75, 3.05) is 24.5 Å². The second-order valence-corrected chi connectivity index (χ2v) is 6.18. The lowest BCUT2D eigenvalue weighted by atomic mass is 10.1. The summed E-state index contributed by atoms with van der Waals surface area (Å²) >= 11 is 0. The molecule has 2 heterocycles. The van der Waals surface area contributed by atoms with Crippen molar-refractivity contribution >= 4 is 35.0 Å². The lowest BCUT2D eigenvalue weighted by Gasteiger charge is -2.34. The van der Waals surface area contributed by atoms with E-state index in [-0.39, 0.29) is 41.6 Å². The van der Waals surface area contributed by atoms with Crippen molar-refractivity contribution in [2.45, 2.75) is 26.4 Å². The standard InChI is InChI=1S/C17H19F2N3O3.ClH/c1-3-21-8-11(17(24)25)16(23)10-6-12(18)15(13(19)14(10)21)22-5-4-20-9(2)7-22;/h6,8-9,20H,3-5,7H2,1-2H3,(H,24,25);1H. The molecule has 0 saturated carbocycles. The lowest BCUT2D eigenvalue weighted by Crippen LogP contribution is -2.49. The summed E-state index contributed by atoms with van der Waals surface area (Å²) in [7, 11) is 0. The van der Waals surface area contributed by atoms with E-state index in [1.165, 1.54) is 4.57 Å². The summed E-state index contributed by atoms with van der Waals surface area (Å²) in [6.45, 7) is 5.33. The fourth-order valence-electron chi connectivity index (χ4n) is 3.30. The molecule has 0 aliphatic carbocycles. The number of rotatable bonds is 3. The monoisotopic (exact) mass is 387 g/mol. The fourth-order valence-corrected chi connectivity index (χ4v) is 3.30. The first-order valence-corrected chi connectivity index (χ1v) is 8.11. The number of benzene rings is 1. The highest BCUT2D eigenvalue weighted by Gasteiger charge is 2.26. The first-order valence-electron chi connectivity index (χ1n) is 8.11. The van der Waals surface area contributed by atoms with E-state index in [9.17, 15) is 14.0 Å². The van der Waals surface area contributed by atoms with Gasteiger partial charge in [0, 0.05) is 38.4 Å². The molecule has 1 saturated heterocycles. The summed E-state index contributed by atoms with van der Waals surface area (Å²) in [6.07, 6.45) is 1.11. The number of fused-ring (bicyclic) bond motifs is 1. The maximum Gasteiger partial charge on any atom is 0.341 e. The Balaban J connectivity index is 0.00000243. The lowest BCUT2D eigenvalue weighted by molar-refractivity contribution is 0.0695. The maximum absolute atomic E-state index is 15.2. The molecule has 1 atom stereocenters. The Kier molecular flexibility index (Phi) is 5.87. The number of aryl methyl sites for hydroxylation is 1. The summed E-state index contributed by atoms with van der Waals surface area (Å²) in [5, 5.41) is 12.1. The number of aromatic nitrogens is 1. The molecular formula is C17H20ClF2N3O3. The van der Waals surface area contributed by atoms with Crippen molar-refractivity contribution in [3.63, 3.8) is 0 Å². The number of aromatic carboxylic acids is 1. The van der Waals surface area contributed by atoms with Gasteiger partial charge in [-0.05, 0) is 19.9 Å². The van der Waals surface area contributed by atoms with Gasteiger partial charge >= 0.3 is 5.97 Å². The maximum atomic E-state index is 15.2. The van der Waals surface area contributed by atoms with Crippen LogP contribution in [-0.2, 0) is 6.54 Å². The molecule has 2 aromatic rings. The van der Waals surface area contributed by atoms with Crippen LogP contribution in [0.15, 0.2) is 17.1 Å². The normalized spacial score (nSPS) is 17.2. The topological polar surface area (TPSA) is 74.6 Å². The number of carbonyl (C=O) groups is 1. The first-order chi connectivity index (χ1) is 11.8. The van der Waals surface area contributed by atoms with E-state index in [0.29, 0.717) is 19.6 Å². The van der Waals surface area contributed by atoms with E-state index in [1.54, 1.807) is 11.8 Å². The number of nitrogens with one attached hydrogen (secondary N) is 1. The number of hydrogen-bond donors (Lipinski definition) is 2. The van der Waals surface area contributed by atoms with E-state index < -0.39 is 28.6 Å². The van der Waals surface area contributed by atoms with E-state index in [4.69, 9.17) is 5.11 Å². The summed E-state index contributed by atoms with van der Waals surface area (Å²) in [6, 6.07) is 1.02. The van der Waals surface area contributed by atoms with Crippen molar-refractivity contribution < 1.29 is 18.7 Å². The van der Waals surface area contributed by atoms with Crippen LogP contribution in [-0.4, -0.2) is 41.3 Å². The molecule has 1 aliphatic rings. The van der Waals surface area contributed by atoms with E-state index >= 15 is 4.39 Å². The molecule has 2 N–H and O–H groups in total. The molecule has 142 valence electrons. The number of anilines is 1. The zero-order valence-corrected chi connectivity index (χ0v) is 15.2. The van der Waals surface area contributed by atoms with Gasteiger partial charge in [0.05, 0.1) is 10.9 Å². The summed E-state index contributed by atoms with van der Waals surface area (Å²) in [5.74, 6) is -3.11. The smallest absolute Gasteiger partial charge is 0.341 e. The number of carboxylic acids is 1. The largest absolute Gasteiger partial charge is 0.477 e. The third-order valence-corrected chi connectivity index (χ3v) is 4.49. The van der Waals surface area contributed by atoms with Gasteiger partial charge in [-0.15, -0.1) is 12.4 Å². The Bertz CT molecular complexity index is 916. The van der Waals surface area contributed by atoms with Crippen LogP contribution in [0.1, 0.15) is 24.2 Å². The van der Waals surface area contributed by atoms with Crippen molar-refractivity contribution in [3.8, 4) is 0 Å². The highest BCUT2D eigenvalue weighted by molar-refractivity contribution is 5.93. The Hall–Kier alpha value is -2.19. The number of hydrogen-bond acceptors (Lipinski definition) is 4. The molecule has 1 aromatic carbocycles. The Labute approximate surface area is 154 Å². The SMILES string of the molecule is CCn1cc(C(=O)O)c(=O)c2cc(F)c(N3CCNC(C)C3)c(F)c21.Cl. The molecule has 0 radical (unpaired) electrons. The molecule has 26 heavy (non-hydrogen) atoms. The van der Waals surface area contributed by atoms with Crippen molar-refractivity contribution in [1.82, 2.24) is 9.88 Å². The first kappa shape index (κ1) is 20.1. The van der Waals surface area contributed by atoms with E-state index in [2.05, 4.69) is 5.32 Å². The zero-order valence-electron chi connectivity index (χ0n) is 14.4. The molecule has 0 spiro atoms. The van der Waals surface area contributed by atoms with Crippen LogP contribution in [0.5, 0.6) is 0 Å². The summed E-state index contributed by atoms with van der Waals surface area (Å²) in [4.78, 5) is 25.2. The van der Waals surface area contributed by atoms with Crippen LogP contribution in [0.4, 0.5) is 14.5 Å². The molecular weight excluding hydrogens is 368 g/mol. The Morgan fingerprint density at radius 3 is 2.69 bits per heavy atom. The van der Waals surface area contributed by atoms with Crippen molar-refractivity contribution in [3.05, 3.63) is 39.7 Å². The number of piperazine rings is 1. The van der Waals surface area contributed by atoms with Crippen LogP contribution < -0.4 is 15.6 Å². The quantitative estimate of drug-likeness (QED) is 0.844. The van der Waals surface area contributed by atoms with Crippen LogP contribution in [0.2, 0.25) is 0 Å². The molecule has 3 rings (SSSR count). The average molecular weight is 388 g/mol. The minimum atomic E-state index is -1.42. The predicted octanol–water partition coefficient (Wildman–Crippen LogP) is 2.22. The number of pyridine rings is 1. The average Bonchev–Trinajstić information content (AvgIpc) is 2.55. The van der Waals surface area contributed by atoms with Crippen LogP contribution in [0.3, 0.4) is 0 Å². The van der Waals surface area contributed by atoms with Gasteiger partial charge in [-0.3, -0.25) is 4.79 Å².